The molecule has 7 heteroatoms. The van der Waals surface area contributed by atoms with E-state index in [1.54, 1.807) is 0 Å². The maximum atomic E-state index is 10.6. The van der Waals surface area contributed by atoms with Gasteiger partial charge in [-0.05, 0) is 26.2 Å². The average Bonchev–Trinajstić information content (AvgIpc) is 2.61. The van der Waals surface area contributed by atoms with Crippen LogP contribution in [0.3, 0.4) is 0 Å². The molecule has 1 rings (SSSR count). The van der Waals surface area contributed by atoms with Crippen LogP contribution in [0.5, 0.6) is 0 Å². The van der Waals surface area contributed by atoms with E-state index in [1.807, 2.05) is 6.92 Å². The summed E-state index contributed by atoms with van der Waals surface area (Å²) in [6.07, 6.45) is 13.5. The largest absolute Gasteiger partial charge is 0.373 e. The van der Waals surface area contributed by atoms with E-state index >= 15 is 0 Å². The zero-order valence-electron chi connectivity index (χ0n) is 17.3. The van der Waals surface area contributed by atoms with Gasteiger partial charge in [-0.2, -0.15) is 8.42 Å². The van der Waals surface area contributed by atoms with Gasteiger partial charge in [0.05, 0.1) is 19.0 Å². The highest BCUT2D eigenvalue weighted by atomic mass is 32.2. The van der Waals surface area contributed by atoms with Crippen molar-refractivity contribution < 1.29 is 27.2 Å². The van der Waals surface area contributed by atoms with E-state index in [0.29, 0.717) is 32.7 Å². The van der Waals surface area contributed by atoms with Gasteiger partial charge in [0.1, 0.15) is 6.10 Å². The monoisotopic (exact) mass is 408 g/mol. The van der Waals surface area contributed by atoms with Crippen molar-refractivity contribution in [1.82, 2.24) is 0 Å². The molecule has 1 saturated heterocycles. The summed E-state index contributed by atoms with van der Waals surface area (Å²) in [5.41, 5.74) is 0. The molecule has 1 heterocycles. The van der Waals surface area contributed by atoms with Crippen LogP contribution in [0.4, 0.5) is 0 Å². The molecule has 0 aromatic rings. The molecule has 27 heavy (non-hydrogen) atoms. The first-order valence-electron chi connectivity index (χ1n) is 10.7. The Bertz CT molecular complexity index is 457. The molecule has 0 spiro atoms. The van der Waals surface area contributed by atoms with Gasteiger partial charge in [-0.25, -0.2) is 0 Å². The summed E-state index contributed by atoms with van der Waals surface area (Å²) in [6.45, 7) is 5.71. The van der Waals surface area contributed by atoms with Crippen LogP contribution >= 0.6 is 0 Å². The number of hydrogen-bond donors (Lipinski definition) is 1. The van der Waals surface area contributed by atoms with Gasteiger partial charge in [0, 0.05) is 13.0 Å². The van der Waals surface area contributed by atoms with Gasteiger partial charge < -0.3 is 14.2 Å². The lowest BCUT2D eigenvalue weighted by Gasteiger charge is -2.37. The normalized spacial score (nSPS) is 23.6. The van der Waals surface area contributed by atoms with E-state index in [1.165, 1.54) is 51.4 Å². The van der Waals surface area contributed by atoms with Crippen LogP contribution in [0.2, 0.25) is 0 Å². The second kappa shape index (κ2) is 13.9. The first kappa shape index (κ1) is 24.8. The van der Waals surface area contributed by atoms with Crippen molar-refractivity contribution in [3.05, 3.63) is 0 Å². The highest BCUT2D eigenvalue weighted by molar-refractivity contribution is 7.85. The molecule has 0 amide bonds. The van der Waals surface area contributed by atoms with Crippen molar-refractivity contribution in [2.45, 2.75) is 103 Å². The van der Waals surface area contributed by atoms with Crippen LogP contribution in [0.25, 0.3) is 0 Å². The maximum absolute atomic E-state index is 10.6. The lowest BCUT2D eigenvalue weighted by Crippen LogP contribution is -2.45. The van der Waals surface area contributed by atoms with Crippen LogP contribution < -0.4 is 0 Å². The lowest BCUT2D eigenvalue weighted by atomic mass is 10.0. The Hall–Kier alpha value is -0.210. The quantitative estimate of drug-likeness (QED) is 0.294. The maximum Gasteiger partial charge on any atom is 0.264 e. The van der Waals surface area contributed by atoms with Gasteiger partial charge in [-0.1, -0.05) is 58.3 Å². The molecular formula is C20H40O6S. The fraction of sp³-hybridized carbons (Fsp3) is 1.00. The highest BCUT2D eigenvalue weighted by Crippen LogP contribution is 2.26. The smallest absolute Gasteiger partial charge is 0.264 e. The minimum Gasteiger partial charge on any atom is -0.373 e. The van der Waals surface area contributed by atoms with E-state index in [4.69, 9.17) is 18.8 Å². The van der Waals surface area contributed by atoms with E-state index in [2.05, 4.69) is 6.92 Å². The van der Waals surface area contributed by atoms with Crippen LogP contribution in [0.1, 0.15) is 90.9 Å². The van der Waals surface area contributed by atoms with E-state index in [-0.39, 0.29) is 11.9 Å². The molecule has 0 bridgehead atoms. The van der Waals surface area contributed by atoms with Crippen molar-refractivity contribution >= 4 is 10.1 Å². The Kier molecular flexibility index (Phi) is 12.8. The SMILES string of the molecule is CCCCCCCCCCCC1(C)OCC(OCCCCS(=O)(=O)O)CO1. The van der Waals surface area contributed by atoms with Gasteiger partial charge in [0.2, 0.25) is 0 Å². The van der Waals surface area contributed by atoms with Crippen molar-refractivity contribution in [2.75, 3.05) is 25.6 Å². The van der Waals surface area contributed by atoms with Crippen LogP contribution in [-0.4, -0.2) is 50.4 Å². The third kappa shape index (κ3) is 13.6. The molecule has 0 saturated carbocycles. The van der Waals surface area contributed by atoms with E-state index < -0.39 is 15.9 Å². The third-order valence-corrected chi connectivity index (χ3v) is 5.84. The Labute approximate surface area is 166 Å². The summed E-state index contributed by atoms with van der Waals surface area (Å²) in [5, 5.41) is 0. The van der Waals surface area contributed by atoms with Gasteiger partial charge in [0.15, 0.2) is 5.79 Å². The lowest BCUT2D eigenvalue weighted by molar-refractivity contribution is -0.291. The van der Waals surface area contributed by atoms with Crippen LogP contribution in [0.15, 0.2) is 0 Å². The second-order valence-corrected chi connectivity index (χ2v) is 9.39. The molecule has 1 aliphatic heterocycles. The van der Waals surface area contributed by atoms with Crippen molar-refractivity contribution in [1.29, 1.82) is 0 Å². The van der Waals surface area contributed by atoms with Crippen LogP contribution in [0, 0.1) is 0 Å². The Morgan fingerprint density at radius 2 is 1.48 bits per heavy atom. The molecule has 6 nitrogen and oxygen atoms in total. The molecule has 0 aromatic heterocycles. The minimum absolute atomic E-state index is 0.105. The third-order valence-electron chi connectivity index (χ3n) is 5.03. The Balaban J connectivity index is 1.99. The van der Waals surface area contributed by atoms with Crippen molar-refractivity contribution in [3.8, 4) is 0 Å². The zero-order valence-corrected chi connectivity index (χ0v) is 18.1. The molecule has 1 N–H and O–H groups in total. The first-order valence-corrected chi connectivity index (χ1v) is 12.3. The fourth-order valence-corrected chi connectivity index (χ4v) is 3.83. The number of rotatable bonds is 16. The molecular weight excluding hydrogens is 368 g/mol. The number of unbranched alkanes of at least 4 members (excludes halogenated alkanes) is 9. The van der Waals surface area contributed by atoms with E-state index in [0.717, 1.165) is 12.8 Å². The highest BCUT2D eigenvalue weighted by Gasteiger charge is 2.32. The summed E-state index contributed by atoms with van der Waals surface area (Å²) in [4.78, 5) is 0. The first-order chi connectivity index (χ1) is 12.8. The molecule has 162 valence electrons. The van der Waals surface area contributed by atoms with E-state index in [9.17, 15) is 8.42 Å². The number of hydrogen-bond acceptors (Lipinski definition) is 5. The zero-order chi connectivity index (χ0) is 20.0. The van der Waals surface area contributed by atoms with Gasteiger partial charge in [-0.3, -0.25) is 4.55 Å². The summed E-state index contributed by atoms with van der Waals surface area (Å²) in [7, 11) is -3.87. The minimum atomic E-state index is -3.87. The fourth-order valence-electron chi connectivity index (χ4n) is 3.26. The predicted molar refractivity (Wildman–Crippen MR) is 108 cm³/mol. The summed E-state index contributed by atoms with van der Waals surface area (Å²) in [6, 6.07) is 0. The van der Waals surface area contributed by atoms with Gasteiger partial charge >= 0.3 is 0 Å². The van der Waals surface area contributed by atoms with Gasteiger partial charge in [-0.15, -0.1) is 0 Å². The average molecular weight is 409 g/mol. The number of ether oxygens (including phenoxy) is 3. The summed E-state index contributed by atoms with van der Waals surface area (Å²) in [5.74, 6) is -0.725. The molecule has 0 radical (unpaired) electrons. The molecule has 0 aliphatic carbocycles. The molecule has 1 aliphatic rings. The Morgan fingerprint density at radius 1 is 0.926 bits per heavy atom. The molecule has 0 unspecified atom stereocenters. The predicted octanol–water partition coefficient (Wildman–Crippen LogP) is 4.72. The van der Waals surface area contributed by atoms with Crippen LogP contribution in [-0.2, 0) is 24.3 Å². The topological polar surface area (TPSA) is 82.1 Å². The summed E-state index contributed by atoms with van der Waals surface area (Å²) < 4.78 is 47.4. The molecule has 0 atom stereocenters. The van der Waals surface area contributed by atoms with Crippen molar-refractivity contribution in [2.24, 2.45) is 0 Å². The van der Waals surface area contributed by atoms with Crippen molar-refractivity contribution in [3.63, 3.8) is 0 Å². The second-order valence-electron chi connectivity index (χ2n) is 7.82. The molecule has 1 fully saturated rings. The standard InChI is InChI=1S/C20H40O6S/c1-3-4-5-6-7-8-9-10-11-14-20(2)25-17-19(18-26-20)24-15-12-13-16-27(21,22)23/h19H,3-18H2,1-2H3,(H,21,22,23). The summed E-state index contributed by atoms with van der Waals surface area (Å²) >= 11 is 0. The molecule has 0 aromatic carbocycles. The Morgan fingerprint density at radius 3 is 2.04 bits per heavy atom. The van der Waals surface area contributed by atoms with Gasteiger partial charge in [0.25, 0.3) is 10.1 Å².